The van der Waals surface area contributed by atoms with E-state index in [2.05, 4.69) is 32.0 Å². The molecule has 3 aromatic rings. The summed E-state index contributed by atoms with van der Waals surface area (Å²) < 4.78 is 33.1. The molecule has 35 heavy (non-hydrogen) atoms. The van der Waals surface area contributed by atoms with Gasteiger partial charge in [-0.2, -0.15) is 0 Å². The molecule has 0 spiro atoms. The first kappa shape index (κ1) is 23.9. The number of ether oxygens (including phenoxy) is 1. The molecule has 2 saturated heterocycles. The number of carbonyl (C=O) groups excluding carboxylic acids is 1. The molecule has 5 rings (SSSR count). The van der Waals surface area contributed by atoms with E-state index in [9.17, 15) is 13.6 Å². The Morgan fingerprint density at radius 1 is 0.971 bits per heavy atom. The smallest absolute Gasteiger partial charge is 0.254 e. The van der Waals surface area contributed by atoms with Crippen LogP contribution in [-0.2, 0) is 5.75 Å². The predicted molar refractivity (Wildman–Crippen MR) is 135 cm³/mol. The van der Waals surface area contributed by atoms with Gasteiger partial charge in [-0.15, -0.1) is 11.8 Å². The van der Waals surface area contributed by atoms with Crippen LogP contribution >= 0.6 is 11.8 Å². The first-order valence-corrected chi connectivity index (χ1v) is 13.1. The molecule has 0 N–H and O–H groups in total. The van der Waals surface area contributed by atoms with E-state index in [0.717, 1.165) is 24.7 Å². The Morgan fingerprint density at radius 2 is 1.69 bits per heavy atom. The second kappa shape index (κ2) is 10.0. The van der Waals surface area contributed by atoms with Gasteiger partial charge in [0.25, 0.3) is 5.91 Å². The lowest BCUT2D eigenvalue weighted by atomic mass is 9.98. The summed E-state index contributed by atoms with van der Waals surface area (Å²) in [5, 5.41) is 0. The van der Waals surface area contributed by atoms with Crippen molar-refractivity contribution in [1.82, 2.24) is 4.90 Å². The molecule has 2 bridgehead atoms. The Morgan fingerprint density at radius 3 is 2.37 bits per heavy atom. The molecule has 6 heteroatoms. The normalized spacial score (nSPS) is 21.3. The van der Waals surface area contributed by atoms with Crippen LogP contribution in [0.3, 0.4) is 0 Å². The first-order valence-electron chi connectivity index (χ1n) is 12.1. The van der Waals surface area contributed by atoms with Gasteiger partial charge >= 0.3 is 0 Å². The number of amides is 1. The van der Waals surface area contributed by atoms with Crippen molar-refractivity contribution in [2.75, 3.05) is 0 Å². The van der Waals surface area contributed by atoms with Crippen LogP contribution in [0.1, 0.15) is 52.7 Å². The van der Waals surface area contributed by atoms with Crippen molar-refractivity contribution in [1.29, 1.82) is 0 Å². The third-order valence-corrected chi connectivity index (χ3v) is 8.28. The highest BCUT2D eigenvalue weighted by Crippen LogP contribution is 2.39. The SMILES string of the molecule is Cc1ccc(C)c(SCc2ccc(C(=O)N3[C@H]4CC[C@H]3CC(Oc3ccc(F)cc3F)C4)cc2)c1. The number of piperidine rings is 1. The minimum atomic E-state index is -0.688. The monoisotopic (exact) mass is 493 g/mol. The summed E-state index contributed by atoms with van der Waals surface area (Å²) in [6, 6.07) is 18.0. The van der Waals surface area contributed by atoms with E-state index in [1.165, 1.54) is 33.7 Å². The zero-order valence-electron chi connectivity index (χ0n) is 20.0. The molecular formula is C29H29F2NO2S. The Balaban J connectivity index is 1.21. The van der Waals surface area contributed by atoms with Gasteiger partial charge in [-0.1, -0.05) is 29.8 Å². The third-order valence-electron chi connectivity index (χ3n) is 7.05. The second-order valence-corrected chi connectivity index (χ2v) is 10.7. The van der Waals surface area contributed by atoms with Gasteiger partial charge in [-0.25, -0.2) is 8.78 Å². The molecule has 0 saturated carbocycles. The number of hydrogen-bond acceptors (Lipinski definition) is 3. The third kappa shape index (κ3) is 5.22. The molecule has 182 valence electrons. The largest absolute Gasteiger partial charge is 0.487 e. The minimum absolute atomic E-state index is 0.0534. The van der Waals surface area contributed by atoms with E-state index in [-0.39, 0.29) is 29.8 Å². The number of halogens is 2. The molecule has 2 aliphatic heterocycles. The van der Waals surface area contributed by atoms with E-state index in [1.54, 1.807) is 0 Å². The molecule has 1 amide bonds. The Hall–Kier alpha value is -2.86. The van der Waals surface area contributed by atoms with Gasteiger partial charge in [-0.05, 0) is 68.1 Å². The fourth-order valence-electron chi connectivity index (χ4n) is 5.22. The molecule has 0 aliphatic carbocycles. The summed E-state index contributed by atoms with van der Waals surface area (Å²) in [4.78, 5) is 16.7. The summed E-state index contributed by atoms with van der Waals surface area (Å²) in [6.07, 6.45) is 2.98. The fourth-order valence-corrected chi connectivity index (χ4v) is 6.30. The van der Waals surface area contributed by atoms with Crippen molar-refractivity contribution in [3.05, 3.63) is 94.6 Å². The van der Waals surface area contributed by atoms with Crippen LogP contribution in [0.4, 0.5) is 8.78 Å². The predicted octanol–water partition coefficient (Wildman–Crippen LogP) is 7.09. The molecule has 0 aromatic heterocycles. The fraction of sp³-hybridized carbons (Fsp3) is 0.345. The molecule has 0 radical (unpaired) electrons. The summed E-state index contributed by atoms with van der Waals surface area (Å²) in [5.74, 6) is -0.327. The van der Waals surface area contributed by atoms with Crippen LogP contribution in [-0.4, -0.2) is 29.0 Å². The van der Waals surface area contributed by atoms with Gasteiger partial charge in [0.2, 0.25) is 0 Å². The highest BCUT2D eigenvalue weighted by atomic mass is 32.2. The summed E-state index contributed by atoms with van der Waals surface area (Å²) in [7, 11) is 0. The van der Waals surface area contributed by atoms with Gasteiger partial charge in [0, 0.05) is 47.2 Å². The lowest BCUT2D eigenvalue weighted by molar-refractivity contribution is 0.0349. The maximum absolute atomic E-state index is 14.0. The van der Waals surface area contributed by atoms with Crippen LogP contribution < -0.4 is 4.74 Å². The van der Waals surface area contributed by atoms with Crippen LogP contribution in [0.15, 0.2) is 65.6 Å². The molecule has 0 unspecified atom stereocenters. The number of carbonyl (C=O) groups is 1. The number of rotatable bonds is 6. The van der Waals surface area contributed by atoms with E-state index in [4.69, 9.17) is 4.74 Å². The lowest BCUT2D eigenvalue weighted by Crippen LogP contribution is -2.49. The Kier molecular flexibility index (Phi) is 6.83. The van der Waals surface area contributed by atoms with E-state index in [0.29, 0.717) is 18.4 Å². The van der Waals surface area contributed by atoms with Crippen molar-refractivity contribution in [2.45, 2.75) is 68.4 Å². The molecular weight excluding hydrogens is 464 g/mol. The number of benzene rings is 3. The molecule has 2 heterocycles. The standard InChI is InChI=1S/C29H29F2NO2S/c1-18-3-4-19(2)28(13-18)35-17-20-5-7-21(8-6-20)29(33)32-23-10-11-24(32)16-25(15-23)34-27-12-9-22(30)14-26(27)31/h3-9,12-14,23-25H,10-11,15-17H2,1-2H3/t23-,24-/m0/s1. The van der Waals surface area contributed by atoms with Gasteiger partial charge in [0.05, 0.1) is 0 Å². The zero-order chi connectivity index (χ0) is 24.5. The van der Waals surface area contributed by atoms with Gasteiger partial charge in [0.15, 0.2) is 11.6 Å². The van der Waals surface area contributed by atoms with Crippen LogP contribution in [0, 0.1) is 25.5 Å². The average Bonchev–Trinajstić information content (AvgIpc) is 3.11. The topological polar surface area (TPSA) is 29.5 Å². The Labute approximate surface area is 209 Å². The Bertz CT molecular complexity index is 1220. The summed E-state index contributed by atoms with van der Waals surface area (Å²) >= 11 is 1.81. The number of aryl methyl sites for hydroxylation is 2. The second-order valence-electron chi connectivity index (χ2n) is 9.64. The quantitative estimate of drug-likeness (QED) is 0.343. The first-order chi connectivity index (χ1) is 16.9. The van der Waals surface area contributed by atoms with Crippen LogP contribution in [0.2, 0.25) is 0 Å². The van der Waals surface area contributed by atoms with E-state index >= 15 is 0 Å². The minimum Gasteiger partial charge on any atom is -0.487 e. The summed E-state index contributed by atoms with van der Waals surface area (Å²) in [6.45, 7) is 4.23. The van der Waals surface area contributed by atoms with Gasteiger partial charge < -0.3 is 9.64 Å². The number of nitrogens with zero attached hydrogens (tertiary/aromatic N) is 1. The zero-order valence-corrected chi connectivity index (χ0v) is 20.8. The van der Waals surface area contributed by atoms with Crippen molar-refractivity contribution in [2.24, 2.45) is 0 Å². The van der Waals surface area contributed by atoms with Gasteiger partial charge in [0.1, 0.15) is 11.9 Å². The van der Waals surface area contributed by atoms with Crippen LogP contribution in [0.5, 0.6) is 5.75 Å². The summed E-state index contributed by atoms with van der Waals surface area (Å²) in [5.41, 5.74) is 4.42. The van der Waals surface area contributed by atoms with Crippen molar-refractivity contribution in [3.63, 3.8) is 0 Å². The lowest BCUT2D eigenvalue weighted by Gasteiger charge is -2.39. The highest BCUT2D eigenvalue weighted by molar-refractivity contribution is 7.98. The van der Waals surface area contributed by atoms with Crippen molar-refractivity contribution >= 4 is 17.7 Å². The molecule has 2 fully saturated rings. The molecule has 3 nitrogen and oxygen atoms in total. The van der Waals surface area contributed by atoms with Crippen molar-refractivity contribution < 1.29 is 18.3 Å². The van der Waals surface area contributed by atoms with Gasteiger partial charge in [-0.3, -0.25) is 4.79 Å². The van der Waals surface area contributed by atoms with E-state index < -0.39 is 11.6 Å². The maximum atomic E-state index is 14.0. The number of hydrogen-bond donors (Lipinski definition) is 0. The van der Waals surface area contributed by atoms with E-state index in [1.807, 2.05) is 40.9 Å². The van der Waals surface area contributed by atoms with Crippen LogP contribution in [0.25, 0.3) is 0 Å². The molecule has 3 aromatic carbocycles. The van der Waals surface area contributed by atoms with Crippen molar-refractivity contribution in [3.8, 4) is 5.75 Å². The number of thioether (sulfide) groups is 1. The number of fused-ring (bicyclic) bond motifs is 2. The molecule has 2 atom stereocenters. The highest BCUT2D eigenvalue weighted by Gasteiger charge is 2.44. The maximum Gasteiger partial charge on any atom is 0.254 e. The average molecular weight is 494 g/mol. The molecule has 2 aliphatic rings.